The molecule has 1 saturated heterocycles. The van der Waals surface area contributed by atoms with E-state index < -0.39 is 21.8 Å². The topological polar surface area (TPSA) is 83.6 Å². The Morgan fingerprint density at radius 3 is 2.78 bits per heavy atom. The first-order valence-corrected chi connectivity index (χ1v) is 7.63. The lowest BCUT2D eigenvalue weighted by molar-refractivity contribution is -0.136. The molecule has 0 spiro atoms. The molecule has 1 N–H and O–H groups in total. The Hall–Kier alpha value is -1.41. The summed E-state index contributed by atoms with van der Waals surface area (Å²) < 4.78 is 25.6. The summed E-state index contributed by atoms with van der Waals surface area (Å²) in [4.78, 5) is 24.8. The minimum atomic E-state index is -3.85. The van der Waals surface area contributed by atoms with Crippen molar-refractivity contribution < 1.29 is 18.0 Å². The van der Waals surface area contributed by atoms with Crippen LogP contribution >= 0.6 is 11.3 Å². The molecule has 0 aliphatic carbocycles. The molecule has 0 aromatic carbocycles. The van der Waals surface area contributed by atoms with E-state index in [4.69, 9.17) is 0 Å². The third-order valence-electron chi connectivity index (χ3n) is 2.74. The first-order valence-electron chi connectivity index (χ1n) is 5.27. The van der Waals surface area contributed by atoms with E-state index in [1.165, 1.54) is 11.0 Å². The second-order valence-electron chi connectivity index (χ2n) is 4.00. The largest absolute Gasteiger partial charge is 0.345 e. The van der Waals surface area contributed by atoms with Gasteiger partial charge in [-0.05, 0) is 17.9 Å². The standard InChI is InChI=1S/C10H12N2O4S2/c1-12-5-4-7(10(12)14)9(13)11-18(15,16)8-3-2-6-17-8/h2-3,6-7H,4-5H2,1H3,(H,11,13)/t7-/m1/s1. The quantitative estimate of drug-likeness (QED) is 0.795. The SMILES string of the molecule is CN1CC[C@H](C(=O)NS(=O)(=O)c2cccs2)C1=O. The summed E-state index contributed by atoms with van der Waals surface area (Å²) in [7, 11) is -2.26. The van der Waals surface area contributed by atoms with Crippen LogP contribution in [0.2, 0.25) is 0 Å². The molecule has 1 atom stereocenters. The molecule has 8 heteroatoms. The van der Waals surface area contributed by atoms with Crippen LogP contribution in [0.15, 0.2) is 21.7 Å². The highest BCUT2D eigenvalue weighted by molar-refractivity contribution is 7.92. The van der Waals surface area contributed by atoms with Gasteiger partial charge in [-0.25, -0.2) is 13.1 Å². The van der Waals surface area contributed by atoms with Crippen LogP contribution in [0, 0.1) is 5.92 Å². The monoisotopic (exact) mass is 288 g/mol. The van der Waals surface area contributed by atoms with Crippen LogP contribution in [0.5, 0.6) is 0 Å². The van der Waals surface area contributed by atoms with Crippen molar-refractivity contribution >= 4 is 33.2 Å². The van der Waals surface area contributed by atoms with Crippen LogP contribution < -0.4 is 4.72 Å². The van der Waals surface area contributed by atoms with Crippen LogP contribution in [0.3, 0.4) is 0 Å². The number of hydrogen-bond acceptors (Lipinski definition) is 5. The second-order valence-corrected chi connectivity index (χ2v) is 6.86. The molecule has 2 amide bonds. The lowest BCUT2D eigenvalue weighted by atomic mass is 10.1. The van der Waals surface area contributed by atoms with E-state index >= 15 is 0 Å². The van der Waals surface area contributed by atoms with Gasteiger partial charge in [0.05, 0.1) is 0 Å². The van der Waals surface area contributed by atoms with Gasteiger partial charge in [0, 0.05) is 13.6 Å². The summed E-state index contributed by atoms with van der Waals surface area (Å²) in [5.74, 6) is -1.99. The van der Waals surface area contributed by atoms with E-state index in [-0.39, 0.29) is 10.1 Å². The van der Waals surface area contributed by atoms with Crippen molar-refractivity contribution in [3.63, 3.8) is 0 Å². The number of nitrogens with one attached hydrogen (secondary N) is 1. The number of carbonyl (C=O) groups is 2. The number of likely N-dealkylation sites (tertiary alicyclic amines) is 1. The van der Waals surface area contributed by atoms with Crippen molar-refractivity contribution in [2.75, 3.05) is 13.6 Å². The van der Waals surface area contributed by atoms with Gasteiger partial charge >= 0.3 is 0 Å². The zero-order chi connectivity index (χ0) is 13.3. The van der Waals surface area contributed by atoms with Crippen molar-refractivity contribution in [2.24, 2.45) is 5.92 Å². The molecule has 1 aliphatic rings. The summed E-state index contributed by atoms with van der Waals surface area (Å²) in [6.07, 6.45) is 0.348. The van der Waals surface area contributed by atoms with Crippen LogP contribution in [0.4, 0.5) is 0 Å². The Morgan fingerprint density at radius 1 is 1.56 bits per heavy atom. The Balaban J connectivity index is 2.11. The fourth-order valence-corrected chi connectivity index (χ4v) is 3.75. The molecule has 1 aliphatic heterocycles. The molecule has 2 heterocycles. The van der Waals surface area contributed by atoms with Gasteiger partial charge in [-0.2, -0.15) is 0 Å². The van der Waals surface area contributed by atoms with Gasteiger partial charge in [0.15, 0.2) is 0 Å². The van der Waals surface area contributed by atoms with Gasteiger partial charge in [0.25, 0.3) is 10.0 Å². The minimum Gasteiger partial charge on any atom is -0.345 e. The first kappa shape index (κ1) is 13.0. The summed E-state index contributed by atoms with van der Waals surface area (Å²) in [5, 5.41) is 1.60. The van der Waals surface area contributed by atoms with Gasteiger partial charge in [-0.3, -0.25) is 9.59 Å². The fourth-order valence-electron chi connectivity index (χ4n) is 1.74. The Morgan fingerprint density at radius 2 is 2.28 bits per heavy atom. The molecular weight excluding hydrogens is 276 g/mol. The van der Waals surface area contributed by atoms with Crippen molar-refractivity contribution in [2.45, 2.75) is 10.6 Å². The predicted molar refractivity (Wildman–Crippen MR) is 65.4 cm³/mol. The maximum absolute atomic E-state index is 11.8. The van der Waals surface area contributed by atoms with E-state index in [0.717, 1.165) is 11.3 Å². The third kappa shape index (κ3) is 2.39. The van der Waals surface area contributed by atoms with E-state index in [1.54, 1.807) is 18.5 Å². The van der Waals surface area contributed by atoms with Gasteiger partial charge in [0.1, 0.15) is 10.1 Å². The number of rotatable bonds is 3. The summed E-state index contributed by atoms with van der Waals surface area (Å²) >= 11 is 1.02. The van der Waals surface area contributed by atoms with E-state index in [9.17, 15) is 18.0 Å². The normalized spacial score (nSPS) is 20.2. The molecule has 1 aromatic rings. The Bertz CT molecular complexity index is 565. The first-order chi connectivity index (χ1) is 8.42. The van der Waals surface area contributed by atoms with Gasteiger partial charge in [0.2, 0.25) is 11.8 Å². The Labute approximate surface area is 109 Å². The van der Waals surface area contributed by atoms with Crippen LogP contribution in [0.25, 0.3) is 0 Å². The van der Waals surface area contributed by atoms with Gasteiger partial charge in [-0.1, -0.05) is 6.07 Å². The number of carbonyl (C=O) groups excluding carboxylic acids is 2. The van der Waals surface area contributed by atoms with Crippen molar-refractivity contribution in [3.05, 3.63) is 17.5 Å². The lowest BCUT2D eigenvalue weighted by Gasteiger charge is -2.10. The van der Waals surface area contributed by atoms with Gasteiger partial charge in [-0.15, -0.1) is 11.3 Å². The molecule has 18 heavy (non-hydrogen) atoms. The predicted octanol–water partition coefficient (Wildman–Crippen LogP) is 0.0313. The lowest BCUT2D eigenvalue weighted by Crippen LogP contribution is -2.38. The molecule has 0 radical (unpaired) electrons. The third-order valence-corrected chi connectivity index (χ3v) is 5.48. The number of sulfonamides is 1. The number of amides is 2. The highest BCUT2D eigenvalue weighted by atomic mass is 32.2. The van der Waals surface area contributed by atoms with Gasteiger partial charge < -0.3 is 4.90 Å². The molecule has 98 valence electrons. The average molecular weight is 288 g/mol. The van der Waals surface area contributed by atoms with Crippen molar-refractivity contribution in [1.82, 2.24) is 9.62 Å². The Kier molecular flexibility index (Phi) is 3.40. The smallest absolute Gasteiger partial charge is 0.273 e. The van der Waals surface area contributed by atoms with Crippen molar-refractivity contribution in [3.8, 4) is 0 Å². The number of hydrogen-bond donors (Lipinski definition) is 1. The molecule has 1 aromatic heterocycles. The molecular formula is C10H12N2O4S2. The molecule has 6 nitrogen and oxygen atoms in total. The highest BCUT2D eigenvalue weighted by Crippen LogP contribution is 2.19. The number of nitrogens with zero attached hydrogens (tertiary/aromatic N) is 1. The summed E-state index contributed by atoms with van der Waals surface area (Å²) in [6, 6.07) is 2.99. The zero-order valence-corrected chi connectivity index (χ0v) is 11.3. The molecule has 0 unspecified atom stereocenters. The van der Waals surface area contributed by atoms with Crippen molar-refractivity contribution in [1.29, 1.82) is 0 Å². The zero-order valence-electron chi connectivity index (χ0n) is 9.62. The molecule has 0 bridgehead atoms. The van der Waals surface area contributed by atoms with Crippen LogP contribution in [-0.2, 0) is 19.6 Å². The molecule has 2 rings (SSSR count). The summed E-state index contributed by atoms with van der Waals surface area (Å²) in [6.45, 7) is 0.468. The van der Waals surface area contributed by atoms with E-state index in [0.29, 0.717) is 13.0 Å². The second kappa shape index (κ2) is 4.69. The minimum absolute atomic E-state index is 0.0645. The fraction of sp³-hybridized carbons (Fsp3) is 0.400. The maximum atomic E-state index is 11.8. The van der Waals surface area contributed by atoms with Crippen LogP contribution in [0.1, 0.15) is 6.42 Å². The highest BCUT2D eigenvalue weighted by Gasteiger charge is 2.36. The molecule has 0 saturated carbocycles. The van der Waals surface area contributed by atoms with E-state index in [1.807, 2.05) is 4.72 Å². The van der Waals surface area contributed by atoms with E-state index in [2.05, 4.69) is 0 Å². The summed E-state index contributed by atoms with van der Waals surface area (Å²) in [5.41, 5.74) is 0. The average Bonchev–Trinajstić information content (AvgIpc) is 2.90. The van der Waals surface area contributed by atoms with Crippen LogP contribution in [-0.4, -0.2) is 38.7 Å². The molecule has 1 fully saturated rings. The maximum Gasteiger partial charge on any atom is 0.273 e. The number of thiophene rings is 1.